The summed E-state index contributed by atoms with van der Waals surface area (Å²) in [6, 6.07) is 0. The molecular weight excluding hydrogens is 206 g/mol. The highest BCUT2D eigenvalue weighted by molar-refractivity contribution is 6.38. The van der Waals surface area contributed by atoms with Crippen LogP contribution in [0, 0.1) is 6.92 Å². The smallest absolute Gasteiger partial charge is 0.339 e. The van der Waals surface area contributed by atoms with Gasteiger partial charge in [-0.15, -0.1) is 0 Å². The lowest BCUT2D eigenvalue weighted by Crippen LogP contribution is -2.03. The Bertz CT molecular complexity index is 521. The number of aromatic carboxylic acids is 1. The van der Waals surface area contributed by atoms with Crippen molar-refractivity contribution < 1.29 is 9.90 Å². The first kappa shape index (κ1) is 8.96. The number of aryl methyl sites for hydroxylation is 1. The summed E-state index contributed by atoms with van der Waals surface area (Å²) >= 11 is 5.90. The summed E-state index contributed by atoms with van der Waals surface area (Å²) in [6.07, 6.45) is 1.45. The Morgan fingerprint density at radius 3 is 3.00 bits per heavy atom. The zero-order valence-corrected chi connectivity index (χ0v) is 7.96. The van der Waals surface area contributed by atoms with Crippen LogP contribution in [0.2, 0.25) is 5.02 Å². The summed E-state index contributed by atoms with van der Waals surface area (Å²) in [5, 5.41) is 16.0. The SMILES string of the molecule is Cc1nc2[nH]ncc2c(Cl)c1C(=O)O. The van der Waals surface area contributed by atoms with Crippen molar-refractivity contribution in [2.75, 3.05) is 0 Å². The highest BCUT2D eigenvalue weighted by Crippen LogP contribution is 2.26. The minimum atomic E-state index is -1.08. The van der Waals surface area contributed by atoms with Crippen LogP contribution in [0.3, 0.4) is 0 Å². The van der Waals surface area contributed by atoms with Gasteiger partial charge in [-0.05, 0) is 6.92 Å². The zero-order valence-electron chi connectivity index (χ0n) is 7.21. The fourth-order valence-corrected chi connectivity index (χ4v) is 1.65. The predicted octanol–water partition coefficient (Wildman–Crippen LogP) is 1.62. The highest BCUT2D eigenvalue weighted by atomic mass is 35.5. The van der Waals surface area contributed by atoms with Crippen LogP contribution in [0.5, 0.6) is 0 Å². The molecule has 0 aliphatic heterocycles. The number of hydrogen-bond acceptors (Lipinski definition) is 3. The van der Waals surface area contributed by atoms with Gasteiger partial charge in [0.2, 0.25) is 0 Å². The topological polar surface area (TPSA) is 78.9 Å². The number of H-pyrrole nitrogens is 1. The van der Waals surface area contributed by atoms with Crippen molar-refractivity contribution in [3.8, 4) is 0 Å². The van der Waals surface area contributed by atoms with E-state index in [1.807, 2.05) is 0 Å². The van der Waals surface area contributed by atoms with E-state index in [1.54, 1.807) is 6.92 Å². The maximum Gasteiger partial charge on any atom is 0.339 e. The number of halogens is 1. The number of pyridine rings is 1. The number of rotatable bonds is 1. The van der Waals surface area contributed by atoms with Gasteiger partial charge in [0, 0.05) is 0 Å². The molecule has 2 aromatic heterocycles. The van der Waals surface area contributed by atoms with Gasteiger partial charge in [0.05, 0.1) is 22.3 Å². The van der Waals surface area contributed by atoms with Crippen LogP contribution >= 0.6 is 11.6 Å². The Hall–Kier alpha value is -1.62. The number of hydrogen-bond donors (Lipinski definition) is 2. The van der Waals surface area contributed by atoms with Crippen LogP contribution in [-0.2, 0) is 0 Å². The van der Waals surface area contributed by atoms with E-state index in [0.717, 1.165) is 0 Å². The van der Waals surface area contributed by atoms with Gasteiger partial charge >= 0.3 is 5.97 Å². The van der Waals surface area contributed by atoms with E-state index in [2.05, 4.69) is 15.2 Å². The number of carbonyl (C=O) groups is 1. The molecular formula is C8H6ClN3O2. The Morgan fingerprint density at radius 1 is 1.64 bits per heavy atom. The average Bonchev–Trinajstić information content (AvgIpc) is 2.50. The molecule has 0 saturated carbocycles. The third kappa shape index (κ3) is 1.13. The maximum absolute atomic E-state index is 10.9. The number of aromatic nitrogens is 3. The summed E-state index contributed by atoms with van der Waals surface area (Å²) in [5.74, 6) is -1.08. The van der Waals surface area contributed by atoms with Crippen LogP contribution in [0.1, 0.15) is 16.1 Å². The minimum Gasteiger partial charge on any atom is -0.478 e. The van der Waals surface area contributed by atoms with Crippen molar-refractivity contribution in [2.24, 2.45) is 0 Å². The largest absolute Gasteiger partial charge is 0.478 e. The Morgan fingerprint density at radius 2 is 2.36 bits per heavy atom. The van der Waals surface area contributed by atoms with Crippen LogP contribution in [0.25, 0.3) is 11.0 Å². The molecule has 0 atom stereocenters. The van der Waals surface area contributed by atoms with Crippen LogP contribution in [0.4, 0.5) is 0 Å². The first-order chi connectivity index (χ1) is 6.61. The molecule has 2 N–H and O–H groups in total. The van der Waals surface area contributed by atoms with Crippen LogP contribution < -0.4 is 0 Å². The van der Waals surface area contributed by atoms with Gasteiger partial charge in [-0.3, -0.25) is 5.10 Å². The van der Waals surface area contributed by atoms with Gasteiger partial charge in [0.15, 0.2) is 5.65 Å². The fraction of sp³-hybridized carbons (Fsp3) is 0.125. The second kappa shape index (κ2) is 2.95. The van der Waals surface area contributed by atoms with Crippen LogP contribution in [0.15, 0.2) is 6.20 Å². The standard InChI is InChI=1S/C8H6ClN3O2/c1-3-5(8(13)14)6(9)4-2-10-12-7(4)11-3/h2H,1H3,(H,13,14)(H,10,11,12). The van der Waals surface area contributed by atoms with E-state index in [4.69, 9.17) is 16.7 Å². The summed E-state index contributed by atoms with van der Waals surface area (Å²) in [6.45, 7) is 1.59. The van der Waals surface area contributed by atoms with Gasteiger partial charge < -0.3 is 5.11 Å². The number of carboxylic acid groups (broad SMARTS) is 1. The monoisotopic (exact) mass is 211 g/mol. The molecule has 0 aliphatic carbocycles. The second-order valence-corrected chi connectivity index (χ2v) is 3.20. The number of nitrogens with zero attached hydrogens (tertiary/aromatic N) is 2. The molecule has 0 aromatic carbocycles. The van der Waals surface area contributed by atoms with E-state index in [9.17, 15) is 4.79 Å². The fourth-order valence-electron chi connectivity index (χ4n) is 1.29. The van der Waals surface area contributed by atoms with E-state index in [0.29, 0.717) is 16.7 Å². The molecule has 0 unspecified atom stereocenters. The summed E-state index contributed by atoms with van der Waals surface area (Å²) in [4.78, 5) is 14.9. The highest BCUT2D eigenvalue weighted by Gasteiger charge is 2.17. The van der Waals surface area contributed by atoms with Crippen molar-refractivity contribution >= 4 is 28.6 Å². The molecule has 0 spiro atoms. The molecule has 6 heteroatoms. The van der Waals surface area contributed by atoms with Crippen LogP contribution in [-0.4, -0.2) is 26.3 Å². The summed E-state index contributed by atoms with van der Waals surface area (Å²) in [5.41, 5.74) is 0.900. The lowest BCUT2D eigenvalue weighted by Gasteiger charge is -2.02. The van der Waals surface area contributed by atoms with Crippen molar-refractivity contribution in [1.29, 1.82) is 0 Å². The van der Waals surface area contributed by atoms with E-state index in [-0.39, 0.29) is 10.6 Å². The number of fused-ring (bicyclic) bond motifs is 1. The maximum atomic E-state index is 10.9. The normalized spacial score (nSPS) is 10.7. The number of nitrogens with one attached hydrogen (secondary N) is 1. The lowest BCUT2D eigenvalue weighted by molar-refractivity contribution is 0.0696. The zero-order chi connectivity index (χ0) is 10.3. The first-order valence-electron chi connectivity index (χ1n) is 3.83. The number of carboxylic acids is 1. The third-order valence-corrected chi connectivity index (χ3v) is 2.32. The van der Waals surface area contributed by atoms with Gasteiger partial charge in [-0.1, -0.05) is 11.6 Å². The molecule has 72 valence electrons. The molecule has 0 fully saturated rings. The van der Waals surface area contributed by atoms with Crippen molar-refractivity contribution in [3.63, 3.8) is 0 Å². The summed E-state index contributed by atoms with van der Waals surface area (Å²) in [7, 11) is 0. The molecule has 0 radical (unpaired) electrons. The van der Waals surface area contributed by atoms with E-state index < -0.39 is 5.97 Å². The van der Waals surface area contributed by atoms with Crippen molar-refractivity contribution in [2.45, 2.75) is 6.92 Å². The molecule has 2 heterocycles. The van der Waals surface area contributed by atoms with Gasteiger partial charge in [0.25, 0.3) is 0 Å². The lowest BCUT2D eigenvalue weighted by atomic mass is 10.2. The molecule has 0 saturated heterocycles. The second-order valence-electron chi connectivity index (χ2n) is 2.82. The van der Waals surface area contributed by atoms with E-state index >= 15 is 0 Å². The van der Waals surface area contributed by atoms with Crippen molar-refractivity contribution in [1.82, 2.24) is 15.2 Å². The Balaban J connectivity index is 2.89. The summed E-state index contributed by atoms with van der Waals surface area (Å²) < 4.78 is 0. The molecule has 2 rings (SSSR count). The molecule has 5 nitrogen and oxygen atoms in total. The molecule has 0 aliphatic rings. The van der Waals surface area contributed by atoms with Gasteiger partial charge in [0.1, 0.15) is 5.56 Å². The molecule has 0 amide bonds. The minimum absolute atomic E-state index is 0.0283. The van der Waals surface area contributed by atoms with Gasteiger partial charge in [-0.25, -0.2) is 9.78 Å². The predicted molar refractivity (Wildman–Crippen MR) is 50.6 cm³/mol. The molecule has 2 aromatic rings. The van der Waals surface area contributed by atoms with Gasteiger partial charge in [-0.2, -0.15) is 5.10 Å². The van der Waals surface area contributed by atoms with Crippen molar-refractivity contribution in [3.05, 3.63) is 22.5 Å². The number of aromatic amines is 1. The molecule has 0 bridgehead atoms. The third-order valence-electron chi connectivity index (χ3n) is 1.93. The Labute approximate surface area is 83.7 Å². The first-order valence-corrected chi connectivity index (χ1v) is 4.21. The Kier molecular flexibility index (Phi) is 1.89. The van der Waals surface area contributed by atoms with E-state index in [1.165, 1.54) is 6.20 Å². The quantitative estimate of drug-likeness (QED) is 0.751. The average molecular weight is 212 g/mol. The molecule has 14 heavy (non-hydrogen) atoms.